The molecule has 0 aromatic heterocycles. The van der Waals surface area contributed by atoms with Crippen LogP contribution in [0.1, 0.15) is 59.8 Å². The van der Waals surface area contributed by atoms with E-state index in [-0.39, 0.29) is 43.2 Å². The summed E-state index contributed by atoms with van der Waals surface area (Å²) in [7, 11) is 0. The lowest BCUT2D eigenvalue weighted by atomic mass is 9.60. The lowest BCUT2D eigenvalue weighted by Crippen LogP contribution is -2.64. The van der Waals surface area contributed by atoms with E-state index in [1.54, 1.807) is 13.0 Å². The average Bonchev–Trinajstić information content (AvgIpc) is 3.02. The van der Waals surface area contributed by atoms with Crippen molar-refractivity contribution in [2.24, 2.45) is 35.0 Å². The maximum atomic E-state index is 14.1. The molecule has 0 aromatic rings. The van der Waals surface area contributed by atoms with E-state index in [1.165, 1.54) is 0 Å². The molecule has 3 heterocycles. The summed E-state index contributed by atoms with van der Waals surface area (Å²) in [4.78, 5) is 39.6. The van der Waals surface area contributed by atoms with Gasteiger partial charge in [0.2, 0.25) is 0 Å². The number of esters is 1. The minimum atomic E-state index is -1.54. The number of carbonyl (C=O) groups is 3. The summed E-state index contributed by atoms with van der Waals surface area (Å²) in [5.74, 6) is -2.98. The minimum absolute atomic E-state index is 0.000281. The Labute approximate surface area is 212 Å². The molecule has 0 aromatic carbocycles. The van der Waals surface area contributed by atoms with Crippen LogP contribution in [0.2, 0.25) is 0 Å². The van der Waals surface area contributed by atoms with Crippen LogP contribution in [0.5, 0.6) is 0 Å². The van der Waals surface area contributed by atoms with Gasteiger partial charge in [-0.2, -0.15) is 0 Å². The van der Waals surface area contributed by atoms with E-state index in [0.717, 1.165) is 19.3 Å². The first kappa shape index (κ1) is 27.2. The first-order valence-corrected chi connectivity index (χ1v) is 13.2. The molecule has 0 amide bonds. The van der Waals surface area contributed by atoms with Gasteiger partial charge in [0.1, 0.15) is 17.8 Å². The minimum Gasteiger partial charge on any atom is -0.478 e. The molecule has 1 spiro atoms. The molecule has 202 valence electrons. The third-order valence-corrected chi connectivity index (χ3v) is 8.99. The molecule has 10 atom stereocenters. The van der Waals surface area contributed by atoms with Gasteiger partial charge in [0.25, 0.3) is 0 Å². The van der Waals surface area contributed by atoms with Crippen LogP contribution < -0.4 is 0 Å². The van der Waals surface area contributed by atoms with Crippen LogP contribution in [-0.2, 0) is 28.6 Å². The quantitative estimate of drug-likeness (QED) is 0.364. The Kier molecular flexibility index (Phi) is 7.68. The number of Topliss-reactive ketones (excluding diaryl/α,β-unsaturated/α-hetero) is 1. The first-order chi connectivity index (χ1) is 17.0. The van der Waals surface area contributed by atoms with Gasteiger partial charge >= 0.3 is 11.9 Å². The van der Waals surface area contributed by atoms with Gasteiger partial charge in [0.15, 0.2) is 11.2 Å². The molecule has 3 aliphatic heterocycles. The molecule has 3 N–H and O–H groups in total. The molecule has 0 saturated carbocycles. The Morgan fingerprint density at radius 2 is 1.97 bits per heavy atom. The highest BCUT2D eigenvalue weighted by Gasteiger charge is 2.73. The van der Waals surface area contributed by atoms with Gasteiger partial charge in [0, 0.05) is 11.5 Å². The zero-order chi connectivity index (χ0) is 26.4. The van der Waals surface area contributed by atoms with Crippen LogP contribution in [0.3, 0.4) is 0 Å². The highest BCUT2D eigenvalue weighted by atomic mass is 16.6. The Bertz CT molecular complexity index is 915. The Morgan fingerprint density at radius 3 is 2.64 bits per heavy atom. The summed E-state index contributed by atoms with van der Waals surface area (Å²) >= 11 is 0. The van der Waals surface area contributed by atoms with Gasteiger partial charge < -0.3 is 29.5 Å². The topological polar surface area (TPSA) is 140 Å². The predicted molar refractivity (Wildman–Crippen MR) is 128 cm³/mol. The number of ketones is 1. The molecule has 4 aliphatic rings. The largest absolute Gasteiger partial charge is 0.478 e. The number of carboxylic acids is 1. The number of hydrogen-bond acceptors (Lipinski definition) is 8. The highest BCUT2D eigenvalue weighted by molar-refractivity contribution is 6.08. The summed E-state index contributed by atoms with van der Waals surface area (Å²) < 4.78 is 18.6. The van der Waals surface area contributed by atoms with E-state index in [4.69, 9.17) is 19.3 Å². The summed E-state index contributed by atoms with van der Waals surface area (Å²) in [5, 5.41) is 28.6. The van der Waals surface area contributed by atoms with E-state index in [1.807, 2.05) is 6.92 Å². The maximum Gasteiger partial charge on any atom is 0.331 e. The van der Waals surface area contributed by atoms with Crippen molar-refractivity contribution in [1.82, 2.24) is 0 Å². The molecule has 0 unspecified atom stereocenters. The van der Waals surface area contributed by atoms with Gasteiger partial charge in [-0.25, -0.2) is 4.79 Å². The first-order valence-electron chi connectivity index (χ1n) is 13.2. The van der Waals surface area contributed by atoms with Gasteiger partial charge in [-0.15, -0.1) is 0 Å². The summed E-state index contributed by atoms with van der Waals surface area (Å²) in [6.45, 7) is 7.01. The number of fused-ring (bicyclic) bond motifs is 1. The van der Waals surface area contributed by atoms with Gasteiger partial charge in [-0.1, -0.05) is 39.7 Å². The fraction of sp³-hybridized carbons (Fsp3) is 0.815. The fourth-order valence-corrected chi connectivity index (χ4v) is 7.14. The number of aliphatic hydroxyl groups is 2. The van der Waals surface area contributed by atoms with E-state index < -0.39 is 53.8 Å². The zero-order valence-electron chi connectivity index (χ0n) is 21.6. The van der Waals surface area contributed by atoms with E-state index >= 15 is 0 Å². The second-order valence-corrected chi connectivity index (χ2v) is 11.8. The fourth-order valence-electron chi connectivity index (χ4n) is 7.14. The van der Waals surface area contributed by atoms with Gasteiger partial charge in [-0.3, -0.25) is 9.59 Å². The van der Waals surface area contributed by atoms with Crippen LogP contribution >= 0.6 is 0 Å². The van der Waals surface area contributed by atoms with Crippen molar-refractivity contribution < 1.29 is 43.9 Å². The lowest BCUT2D eigenvalue weighted by molar-refractivity contribution is -0.207. The van der Waals surface area contributed by atoms with Crippen molar-refractivity contribution in [2.75, 3.05) is 19.8 Å². The predicted octanol–water partition coefficient (Wildman–Crippen LogP) is 2.12. The van der Waals surface area contributed by atoms with Crippen LogP contribution in [0.15, 0.2) is 11.6 Å². The van der Waals surface area contributed by atoms with E-state index in [9.17, 15) is 24.6 Å². The number of ether oxygens (including phenoxy) is 3. The summed E-state index contributed by atoms with van der Waals surface area (Å²) in [5.41, 5.74) is -2.32. The molecule has 2 bridgehead atoms. The third-order valence-electron chi connectivity index (χ3n) is 8.99. The standard InChI is InChI=1S/C27H40O9/c1-14-6-5-7-17-9-19(23(31)32)16(3)10-27(17)24-26(4,25(33)36-27)22(30)20(13-34-12-18(29)11-28)21(35-24)15(2)8-14/h9,14-18,20-21,24,28-29H,5-8,10-13H2,1-4H3,(H,31,32)/t14-,15-,16+,17+,18+,20+,21-,24-,26+,27+/m1/s1. The zero-order valence-corrected chi connectivity index (χ0v) is 21.6. The Hall–Kier alpha value is -1.81. The number of hydrogen-bond donors (Lipinski definition) is 3. The second kappa shape index (κ2) is 10.2. The highest BCUT2D eigenvalue weighted by Crippen LogP contribution is 2.58. The Balaban J connectivity index is 1.77. The third kappa shape index (κ3) is 4.42. The average molecular weight is 509 g/mol. The van der Waals surface area contributed by atoms with Crippen molar-refractivity contribution in [3.63, 3.8) is 0 Å². The van der Waals surface area contributed by atoms with Crippen molar-refractivity contribution in [3.8, 4) is 0 Å². The molecule has 3 saturated heterocycles. The molecule has 1 aliphatic carbocycles. The van der Waals surface area contributed by atoms with Crippen LogP contribution in [0.4, 0.5) is 0 Å². The number of aliphatic carboxylic acids is 1. The molecule has 4 rings (SSSR count). The molecule has 3 fully saturated rings. The number of carboxylic acid groups (broad SMARTS) is 1. The maximum absolute atomic E-state index is 14.1. The SMILES string of the molecule is C[C@@H]1CCC[C@H]2C=C(C(=O)O)[C@@H](C)C[C@]23OC(=O)[C@@]2(C)C(=O)[C@@H](COC[C@@H](O)CO)[C@H](O[C@H]23)[C@H](C)C1. The molecular weight excluding hydrogens is 468 g/mol. The smallest absolute Gasteiger partial charge is 0.331 e. The molecule has 9 nitrogen and oxygen atoms in total. The summed E-state index contributed by atoms with van der Waals surface area (Å²) in [6, 6.07) is 0. The van der Waals surface area contributed by atoms with Gasteiger partial charge in [-0.05, 0) is 43.9 Å². The summed E-state index contributed by atoms with van der Waals surface area (Å²) in [6.07, 6.45) is 2.89. The van der Waals surface area contributed by atoms with Crippen LogP contribution in [0, 0.1) is 35.0 Å². The van der Waals surface area contributed by atoms with Crippen molar-refractivity contribution >= 4 is 17.7 Å². The van der Waals surface area contributed by atoms with Crippen molar-refractivity contribution in [3.05, 3.63) is 11.6 Å². The monoisotopic (exact) mass is 508 g/mol. The number of carbonyl (C=O) groups excluding carboxylic acids is 2. The van der Waals surface area contributed by atoms with E-state index in [0.29, 0.717) is 17.9 Å². The van der Waals surface area contributed by atoms with Crippen molar-refractivity contribution in [2.45, 2.75) is 83.7 Å². The molecule has 36 heavy (non-hydrogen) atoms. The van der Waals surface area contributed by atoms with Gasteiger partial charge in [0.05, 0.1) is 31.8 Å². The molecule has 9 heteroatoms. The lowest BCUT2D eigenvalue weighted by Gasteiger charge is -2.50. The molecular formula is C27H40O9. The van der Waals surface area contributed by atoms with Crippen LogP contribution in [-0.4, -0.2) is 76.8 Å². The number of aliphatic hydroxyl groups excluding tert-OH is 2. The number of rotatable bonds is 6. The van der Waals surface area contributed by atoms with E-state index in [2.05, 4.69) is 13.8 Å². The normalized spacial score (nSPS) is 43.6. The Morgan fingerprint density at radius 1 is 1.25 bits per heavy atom. The van der Waals surface area contributed by atoms with Crippen molar-refractivity contribution in [1.29, 1.82) is 0 Å². The molecule has 0 radical (unpaired) electrons. The van der Waals surface area contributed by atoms with Crippen LogP contribution in [0.25, 0.3) is 0 Å². The second-order valence-electron chi connectivity index (χ2n) is 11.8.